The van der Waals surface area contributed by atoms with Gasteiger partial charge < -0.3 is 4.74 Å². The van der Waals surface area contributed by atoms with Crippen molar-refractivity contribution in [1.82, 2.24) is 0 Å². The van der Waals surface area contributed by atoms with Crippen LogP contribution in [0.2, 0.25) is 0 Å². The highest BCUT2D eigenvalue weighted by atomic mass is 16.5. The number of nitrogens with zero attached hydrogens (tertiary/aromatic N) is 1. The molecule has 0 radical (unpaired) electrons. The minimum Gasteiger partial charge on any atom is -0.405 e. The van der Waals surface area contributed by atoms with Crippen LogP contribution in [0.15, 0.2) is 72.1 Å². The molecule has 2 rings (SSSR count). The van der Waals surface area contributed by atoms with Gasteiger partial charge in [-0.2, -0.15) is 4.57 Å². The summed E-state index contributed by atoms with van der Waals surface area (Å²) in [6.07, 6.45) is 14.8. The number of hydrogen-bond donors (Lipinski definition) is 0. The fraction of sp³-hybridized carbons (Fsp3) is 0.348. The lowest BCUT2D eigenvalue weighted by atomic mass is 10.00. The molecule has 0 spiro atoms. The van der Waals surface area contributed by atoms with Crippen molar-refractivity contribution in [2.24, 2.45) is 7.05 Å². The molecule has 0 unspecified atom stereocenters. The van der Waals surface area contributed by atoms with E-state index in [1.807, 2.05) is 38.3 Å². The van der Waals surface area contributed by atoms with Gasteiger partial charge in [0.2, 0.25) is 5.69 Å². The second-order valence-electron chi connectivity index (χ2n) is 6.25. The average Bonchev–Trinajstić information content (AvgIpc) is 2.79. The van der Waals surface area contributed by atoms with E-state index in [0.29, 0.717) is 0 Å². The number of hydrogen-bond acceptors (Lipinski definition) is 1. The van der Waals surface area contributed by atoms with Crippen molar-refractivity contribution in [3.63, 3.8) is 0 Å². The smallest absolute Gasteiger partial charge is 0.373 e. The number of allylic oxidation sites excluding steroid dienone is 8. The summed E-state index contributed by atoms with van der Waals surface area (Å²) < 4.78 is 8.46. The summed E-state index contributed by atoms with van der Waals surface area (Å²) in [5, 5.41) is 0. The van der Waals surface area contributed by atoms with Gasteiger partial charge in [-0.3, -0.25) is 0 Å². The molecule has 25 heavy (non-hydrogen) atoms. The highest BCUT2D eigenvalue weighted by molar-refractivity contribution is 5.67. The predicted octanol–water partition coefficient (Wildman–Crippen LogP) is 5.83. The third-order valence-corrected chi connectivity index (χ3v) is 4.42. The third-order valence-electron chi connectivity index (χ3n) is 4.42. The van der Waals surface area contributed by atoms with Crippen LogP contribution in [-0.2, 0) is 7.05 Å². The molecule has 0 atom stereocenters. The first-order chi connectivity index (χ1) is 12.1. The molecule has 0 amide bonds. The van der Waals surface area contributed by atoms with Gasteiger partial charge in [0.1, 0.15) is 12.8 Å². The molecule has 1 aromatic heterocycles. The van der Waals surface area contributed by atoms with E-state index < -0.39 is 0 Å². The van der Waals surface area contributed by atoms with Crippen LogP contribution in [0.5, 0.6) is 5.88 Å². The Morgan fingerprint density at radius 1 is 1.32 bits per heavy atom. The fourth-order valence-electron chi connectivity index (χ4n) is 3.12. The Hall–Kier alpha value is -2.35. The molecular formula is C23H30NO+. The number of rotatable bonds is 7. The summed E-state index contributed by atoms with van der Waals surface area (Å²) >= 11 is 0. The van der Waals surface area contributed by atoms with E-state index in [2.05, 4.69) is 49.3 Å². The lowest BCUT2D eigenvalue weighted by Gasteiger charge is -2.15. The molecule has 0 aromatic carbocycles. The summed E-state index contributed by atoms with van der Waals surface area (Å²) in [6, 6.07) is 6.11. The minimum atomic E-state index is 0.834. The van der Waals surface area contributed by atoms with Crippen LogP contribution in [0.1, 0.15) is 52.1 Å². The van der Waals surface area contributed by atoms with Crippen LogP contribution in [0.4, 0.5) is 0 Å². The average molecular weight is 336 g/mol. The first kappa shape index (κ1) is 19.0. The maximum atomic E-state index is 6.39. The molecule has 2 heteroatoms. The van der Waals surface area contributed by atoms with Gasteiger partial charge in [-0.15, -0.1) is 0 Å². The standard InChI is InChI=1S/C23H30NO/c1-6-12-18(4)21-15-11-17-23(24(21)5)25-22-16-10-9-14-19(8-3)20(22)13-7-2/h6,9,11-12,14-17H,4,7-8,10,13H2,1-3,5H3/q+1. The van der Waals surface area contributed by atoms with E-state index >= 15 is 0 Å². The van der Waals surface area contributed by atoms with Crippen molar-refractivity contribution in [2.75, 3.05) is 0 Å². The van der Waals surface area contributed by atoms with E-state index in [-0.39, 0.29) is 0 Å². The molecule has 0 N–H and O–H groups in total. The quantitative estimate of drug-likeness (QED) is 0.451. The zero-order valence-electron chi connectivity index (χ0n) is 16.0. The topological polar surface area (TPSA) is 13.1 Å². The molecule has 1 heterocycles. The van der Waals surface area contributed by atoms with E-state index in [1.165, 1.54) is 11.1 Å². The van der Waals surface area contributed by atoms with Crippen LogP contribution in [0, 0.1) is 0 Å². The van der Waals surface area contributed by atoms with Gasteiger partial charge in [-0.25, -0.2) is 0 Å². The van der Waals surface area contributed by atoms with Crippen molar-refractivity contribution in [3.05, 3.63) is 77.8 Å². The van der Waals surface area contributed by atoms with E-state index in [4.69, 9.17) is 4.74 Å². The van der Waals surface area contributed by atoms with Crippen molar-refractivity contribution in [3.8, 4) is 5.88 Å². The van der Waals surface area contributed by atoms with Crippen molar-refractivity contribution in [1.29, 1.82) is 0 Å². The van der Waals surface area contributed by atoms with Gasteiger partial charge in [-0.1, -0.05) is 51.2 Å². The Labute approximate surface area is 152 Å². The molecule has 0 saturated heterocycles. The zero-order chi connectivity index (χ0) is 18.2. The summed E-state index contributed by atoms with van der Waals surface area (Å²) in [6.45, 7) is 10.6. The molecule has 0 fully saturated rings. The number of ether oxygens (including phenoxy) is 1. The van der Waals surface area contributed by atoms with Crippen molar-refractivity contribution in [2.45, 2.75) is 46.5 Å². The Balaban J connectivity index is 2.39. The summed E-state index contributed by atoms with van der Waals surface area (Å²) in [4.78, 5) is 0. The minimum absolute atomic E-state index is 0.834. The van der Waals surface area contributed by atoms with Crippen molar-refractivity contribution >= 4 is 5.57 Å². The van der Waals surface area contributed by atoms with Gasteiger partial charge in [0, 0.05) is 11.6 Å². The highest BCUT2D eigenvalue weighted by Gasteiger charge is 2.19. The summed E-state index contributed by atoms with van der Waals surface area (Å²) in [5.74, 6) is 1.83. The second-order valence-corrected chi connectivity index (χ2v) is 6.25. The molecule has 0 aliphatic heterocycles. The SMILES string of the molecule is C=C(C=CC)c1cccc(OC2=CCC=CC(CC)=C2CCC)[n+]1C. The van der Waals surface area contributed by atoms with Crippen LogP contribution in [0.3, 0.4) is 0 Å². The van der Waals surface area contributed by atoms with E-state index in [1.54, 1.807) is 0 Å². The molecular weight excluding hydrogens is 306 g/mol. The Kier molecular flexibility index (Phi) is 7.00. The molecule has 132 valence electrons. The molecule has 1 aliphatic rings. The molecule has 2 nitrogen and oxygen atoms in total. The number of aromatic nitrogens is 1. The van der Waals surface area contributed by atoms with Gasteiger partial charge in [0.15, 0.2) is 0 Å². The molecule has 0 bridgehead atoms. The van der Waals surface area contributed by atoms with Gasteiger partial charge in [0.25, 0.3) is 0 Å². The molecule has 1 aliphatic carbocycles. The Bertz CT molecular complexity index is 747. The van der Waals surface area contributed by atoms with Gasteiger partial charge >= 0.3 is 5.88 Å². The first-order valence-corrected chi connectivity index (χ1v) is 9.20. The zero-order valence-corrected chi connectivity index (χ0v) is 16.0. The normalized spacial score (nSPS) is 14.6. The van der Waals surface area contributed by atoms with Gasteiger partial charge in [-0.05, 0) is 49.5 Å². The van der Waals surface area contributed by atoms with Crippen LogP contribution in [-0.4, -0.2) is 0 Å². The summed E-state index contributed by atoms with van der Waals surface area (Å²) in [5.41, 5.74) is 4.74. The third kappa shape index (κ3) is 4.60. The maximum Gasteiger partial charge on any atom is 0.373 e. The fourth-order valence-corrected chi connectivity index (χ4v) is 3.12. The van der Waals surface area contributed by atoms with Crippen LogP contribution < -0.4 is 9.30 Å². The Morgan fingerprint density at radius 2 is 2.12 bits per heavy atom. The van der Waals surface area contributed by atoms with Crippen LogP contribution in [0.25, 0.3) is 5.57 Å². The second kappa shape index (κ2) is 9.22. The van der Waals surface area contributed by atoms with Crippen LogP contribution >= 0.6 is 0 Å². The largest absolute Gasteiger partial charge is 0.405 e. The predicted molar refractivity (Wildman–Crippen MR) is 106 cm³/mol. The highest BCUT2D eigenvalue weighted by Crippen LogP contribution is 2.28. The molecule has 0 saturated carbocycles. The monoisotopic (exact) mass is 336 g/mol. The Morgan fingerprint density at radius 3 is 2.80 bits per heavy atom. The lowest BCUT2D eigenvalue weighted by molar-refractivity contribution is -0.678. The van der Waals surface area contributed by atoms with Crippen molar-refractivity contribution < 1.29 is 9.30 Å². The van der Waals surface area contributed by atoms with E-state index in [9.17, 15) is 0 Å². The van der Waals surface area contributed by atoms with E-state index in [0.717, 1.165) is 48.6 Å². The summed E-state index contributed by atoms with van der Waals surface area (Å²) in [7, 11) is 2.03. The number of pyridine rings is 1. The first-order valence-electron chi connectivity index (χ1n) is 9.20. The lowest BCUT2D eigenvalue weighted by Crippen LogP contribution is -2.35. The van der Waals surface area contributed by atoms with Gasteiger partial charge in [0.05, 0.1) is 6.07 Å². The molecule has 1 aromatic rings. The maximum absolute atomic E-state index is 6.39.